The van der Waals surface area contributed by atoms with E-state index in [1.807, 2.05) is 0 Å². The maximum absolute atomic E-state index is 11.5. The van der Waals surface area contributed by atoms with Crippen LogP contribution in [-0.4, -0.2) is 15.7 Å². The number of para-hydroxylation sites is 1. The van der Waals surface area contributed by atoms with Gasteiger partial charge in [0, 0.05) is 12.5 Å². The molecule has 0 amide bonds. The van der Waals surface area contributed by atoms with Gasteiger partial charge in [0.05, 0.1) is 11.1 Å². The maximum atomic E-state index is 11.5. The van der Waals surface area contributed by atoms with E-state index in [0.717, 1.165) is 0 Å². The molecule has 2 aromatic rings. The highest BCUT2D eigenvalue weighted by molar-refractivity contribution is 5.93. The van der Waals surface area contributed by atoms with Crippen molar-refractivity contribution in [2.24, 2.45) is 0 Å². The van der Waals surface area contributed by atoms with Gasteiger partial charge >= 0.3 is 5.69 Å². The molecule has 1 aromatic heterocycles. The van der Waals surface area contributed by atoms with E-state index in [4.69, 9.17) is 4.74 Å². The van der Waals surface area contributed by atoms with E-state index >= 15 is 0 Å². The molecule has 0 fully saturated rings. The average Bonchev–Trinajstić information content (AvgIpc) is 2.49. The summed E-state index contributed by atoms with van der Waals surface area (Å²) in [5.74, 6) is 0.461. The number of rotatable bonds is 5. The zero-order chi connectivity index (χ0) is 15.4. The van der Waals surface area contributed by atoms with Crippen LogP contribution in [0, 0.1) is 17.0 Å². The van der Waals surface area contributed by atoms with Crippen molar-refractivity contribution in [2.75, 3.05) is 0 Å². The zero-order valence-electron chi connectivity index (χ0n) is 11.7. The van der Waals surface area contributed by atoms with Crippen molar-refractivity contribution in [1.29, 1.82) is 0 Å². The molecule has 0 saturated heterocycles. The Hall–Kier alpha value is -2.76. The Morgan fingerprint density at radius 2 is 2.10 bits per heavy atom. The van der Waals surface area contributed by atoms with E-state index in [-0.39, 0.29) is 17.2 Å². The number of nitro benzene ring substituents is 1. The van der Waals surface area contributed by atoms with Crippen molar-refractivity contribution in [2.45, 2.75) is 20.3 Å². The van der Waals surface area contributed by atoms with Crippen LogP contribution in [-0.2, 0) is 0 Å². The van der Waals surface area contributed by atoms with Crippen LogP contribution in [0.15, 0.2) is 36.5 Å². The number of carbonyl (C=O) groups is 1. The van der Waals surface area contributed by atoms with Gasteiger partial charge in [-0.05, 0) is 24.6 Å². The molecule has 0 saturated carbocycles. The first-order valence-electron chi connectivity index (χ1n) is 6.44. The molecule has 6 nitrogen and oxygen atoms in total. The number of hydrogen-bond donors (Lipinski definition) is 0. The van der Waals surface area contributed by atoms with Gasteiger partial charge in [0.15, 0.2) is 5.78 Å². The largest absolute Gasteiger partial charge is 0.448 e. The second-order valence-corrected chi connectivity index (χ2v) is 4.44. The quantitative estimate of drug-likeness (QED) is 0.475. The third kappa shape index (κ3) is 3.22. The van der Waals surface area contributed by atoms with Gasteiger partial charge in [0.25, 0.3) is 0 Å². The minimum absolute atomic E-state index is 0.0663. The fourth-order valence-electron chi connectivity index (χ4n) is 1.82. The van der Waals surface area contributed by atoms with Crippen LogP contribution in [0.2, 0.25) is 0 Å². The van der Waals surface area contributed by atoms with Gasteiger partial charge in [-0.3, -0.25) is 14.9 Å². The highest BCUT2D eigenvalue weighted by Crippen LogP contribution is 2.34. The Morgan fingerprint density at radius 1 is 1.33 bits per heavy atom. The first-order chi connectivity index (χ1) is 10.0. The number of hydrogen-bond acceptors (Lipinski definition) is 5. The van der Waals surface area contributed by atoms with Gasteiger partial charge in [-0.15, -0.1) is 0 Å². The number of nitrogens with zero attached hydrogens (tertiary/aromatic N) is 2. The summed E-state index contributed by atoms with van der Waals surface area (Å²) in [5, 5.41) is 11.0. The molecule has 108 valence electrons. The Balaban J connectivity index is 2.30. The van der Waals surface area contributed by atoms with E-state index in [1.54, 1.807) is 38.1 Å². The second kappa shape index (κ2) is 6.13. The molecule has 1 heterocycles. The minimum Gasteiger partial charge on any atom is -0.448 e. The molecule has 21 heavy (non-hydrogen) atoms. The lowest BCUT2D eigenvalue weighted by atomic mass is 10.2. The summed E-state index contributed by atoms with van der Waals surface area (Å²) in [6, 6.07) is 7.83. The SMILES string of the molecule is CCC(=O)c1ccc(Oc2c(C)cccc2[N+](=O)[O-])cn1. The number of pyridine rings is 1. The molecule has 0 unspecified atom stereocenters. The van der Waals surface area contributed by atoms with Crippen molar-refractivity contribution < 1.29 is 14.5 Å². The summed E-state index contributed by atoms with van der Waals surface area (Å²) in [4.78, 5) is 26.0. The topological polar surface area (TPSA) is 82.3 Å². The van der Waals surface area contributed by atoms with Crippen molar-refractivity contribution in [3.63, 3.8) is 0 Å². The molecule has 0 spiro atoms. The molecule has 0 aliphatic carbocycles. The lowest BCUT2D eigenvalue weighted by Gasteiger charge is -2.09. The molecule has 0 N–H and O–H groups in total. The van der Waals surface area contributed by atoms with Gasteiger partial charge < -0.3 is 4.74 Å². The number of ether oxygens (including phenoxy) is 1. The lowest BCUT2D eigenvalue weighted by Crippen LogP contribution is -2.00. The number of nitro groups is 1. The molecule has 0 radical (unpaired) electrons. The fourth-order valence-corrected chi connectivity index (χ4v) is 1.82. The summed E-state index contributed by atoms with van der Waals surface area (Å²) in [5.41, 5.74) is 0.894. The van der Waals surface area contributed by atoms with Crippen LogP contribution in [0.25, 0.3) is 0 Å². The van der Waals surface area contributed by atoms with Crippen LogP contribution in [0.1, 0.15) is 29.4 Å². The number of aryl methyl sites for hydroxylation is 1. The van der Waals surface area contributed by atoms with E-state index in [2.05, 4.69) is 4.98 Å². The van der Waals surface area contributed by atoms with Crippen molar-refractivity contribution in [3.8, 4) is 11.5 Å². The van der Waals surface area contributed by atoms with Crippen LogP contribution in [0.5, 0.6) is 11.5 Å². The fraction of sp³-hybridized carbons (Fsp3) is 0.200. The molecule has 0 aliphatic heterocycles. The van der Waals surface area contributed by atoms with Crippen LogP contribution in [0.4, 0.5) is 5.69 Å². The van der Waals surface area contributed by atoms with E-state index in [9.17, 15) is 14.9 Å². The van der Waals surface area contributed by atoms with Crippen LogP contribution < -0.4 is 4.74 Å². The zero-order valence-corrected chi connectivity index (χ0v) is 11.7. The van der Waals surface area contributed by atoms with E-state index < -0.39 is 4.92 Å². The maximum Gasteiger partial charge on any atom is 0.311 e. The molecule has 1 aromatic carbocycles. The van der Waals surface area contributed by atoms with E-state index in [1.165, 1.54) is 12.3 Å². The van der Waals surface area contributed by atoms with Gasteiger partial charge in [0.1, 0.15) is 11.4 Å². The number of carbonyl (C=O) groups excluding carboxylic acids is 1. The molecule has 6 heteroatoms. The summed E-state index contributed by atoms with van der Waals surface area (Å²) in [6.45, 7) is 3.48. The summed E-state index contributed by atoms with van der Waals surface area (Å²) < 4.78 is 5.55. The first-order valence-corrected chi connectivity index (χ1v) is 6.44. The number of aromatic nitrogens is 1. The first kappa shape index (κ1) is 14.6. The normalized spacial score (nSPS) is 10.2. The Kier molecular flexibility index (Phi) is 4.27. The smallest absolute Gasteiger partial charge is 0.311 e. The van der Waals surface area contributed by atoms with Crippen molar-refractivity contribution in [1.82, 2.24) is 4.98 Å². The second-order valence-electron chi connectivity index (χ2n) is 4.44. The van der Waals surface area contributed by atoms with Crippen LogP contribution in [0.3, 0.4) is 0 Å². The summed E-state index contributed by atoms with van der Waals surface area (Å²) in [7, 11) is 0. The minimum atomic E-state index is -0.495. The van der Waals surface area contributed by atoms with Gasteiger partial charge in [0.2, 0.25) is 5.75 Å². The predicted octanol–water partition coefficient (Wildman–Crippen LogP) is 3.68. The highest BCUT2D eigenvalue weighted by Gasteiger charge is 2.18. The molecule has 0 aliphatic rings. The van der Waals surface area contributed by atoms with Gasteiger partial charge in [-0.25, -0.2) is 4.98 Å². The van der Waals surface area contributed by atoms with Crippen molar-refractivity contribution >= 4 is 11.5 Å². The monoisotopic (exact) mass is 286 g/mol. The standard InChI is InChI=1S/C15H14N2O4/c1-3-14(18)12-8-7-11(9-16-12)21-15-10(2)5-4-6-13(15)17(19)20/h4-9H,3H2,1-2H3. The predicted molar refractivity (Wildman–Crippen MR) is 76.8 cm³/mol. The average molecular weight is 286 g/mol. The molecule has 2 rings (SSSR count). The number of Topliss-reactive ketones (excluding diaryl/α,β-unsaturated/α-hetero) is 1. The third-order valence-electron chi connectivity index (χ3n) is 2.95. The van der Waals surface area contributed by atoms with Gasteiger partial charge in [-0.1, -0.05) is 19.1 Å². The summed E-state index contributed by atoms with van der Waals surface area (Å²) >= 11 is 0. The Morgan fingerprint density at radius 3 is 2.67 bits per heavy atom. The Bertz CT molecular complexity index is 681. The Labute approximate surface area is 121 Å². The lowest BCUT2D eigenvalue weighted by molar-refractivity contribution is -0.385. The summed E-state index contributed by atoms with van der Waals surface area (Å²) in [6.07, 6.45) is 1.76. The third-order valence-corrected chi connectivity index (χ3v) is 2.95. The van der Waals surface area contributed by atoms with Crippen LogP contribution >= 0.6 is 0 Å². The molecular weight excluding hydrogens is 272 g/mol. The number of benzene rings is 1. The van der Waals surface area contributed by atoms with Crippen molar-refractivity contribution in [3.05, 3.63) is 57.9 Å². The highest BCUT2D eigenvalue weighted by atomic mass is 16.6. The molecule has 0 bridgehead atoms. The molecular formula is C15H14N2O4. The van der Waals surface area contributed by atoms with E-state index in [0.29, 0.717) is 23.4 Å². The number of ketones is 1. The molecule has 0 atom stereocenters. The van der Waals surface area contributed by atoms with Gasteiger partial charge in [-0.2, -0.15) is 0 Å².